The fourth-order valence-corrected chi connectivity index (χ4v) is 2.23. The SMILES string of the molecule is NC(=O)O[C@@H](CSc1ccccc1)C(=O)CCl. The first kappa shape index (κ1) is 13.9. The number of carbonyl (C=O) groups is 2. The lowest BCUT2D eigenvalue weighted by Crippen LogP contribution is -2.32. The van der Waals surface area contributed by atoms with E-state index in [0.717, 1.165) is 4.90 Å². The van der Waals surface area contributed by atoms with E-state index in [1.807, 2.05) is 30.3 Å². The Morgan fingerprint density at radius 3 is 2.53 bits per heavy atom. The van der Waals surface area contributed by atoms with Crippen molar-refractivity contribution in [2.45, 2.75) is 11.0 Å². The molecule has 0 heterocycles. The number of carbonyl (C=O) groups excluding carboxylic acids is 2. The van der Waals surface area contributed by atoms with Crippen LogP contribution in [0, 0.1) is 0 Å². The number of thioether (sulfide) groups is 1. The van der Waals surface area contributed by atoms with E-state index in [1.165, 1.54) is 11.8 Å². The van der Waals surface area contributed by atoms with Gasteiger partial charge in [0.05, 0.1) is 5.88 Å². The van der Waals surface area contributed by atoms with E-state index in [0.29, 0.717) is 5.75 Å². The molecule has 0 aliphatic rings. The molecule has 0 fully saturated rings. The fraction of sp³-hybridized carbons (Fsp3) is 0.273. The summed E-state index contributed by atoms with van der Waals surface area (Å²) in [5.41, 5.74) is 4.89. The van der Waals surface area contributed by atoms with Gasteiger partial charge in [-0.05, 0) is 12.1 Å². The third-order valence-corrected chi connectivity index (χ3v) is 3.23. The van der Waals surface area contributed by atoms with Crippen LogP contribution in [0.3, 0.4) is 0 Å². The molecule has 1 aromatic rings. The zero-order valence-electron chi connectivity index (χ0n) is 8.97. The highest BCUT2D eigenvalue weighted by Crippen LogP contribution is 2.19. The second-order valence-electron chi connectivity index (χ2n) is 3.15. The maximum atomic E-state index is 11.4. The fourth-order valence-electron chi connectivity index (χ4n) is 1.11. The van der Waals surface area contributed by atoms with Gasteiger partial charge in [0.2, 0.25) is 0 Å². The third kappa shape index (κ3) is 5.10. The highest BCUT2D eigenvalue weighted by molar-refractivity contribution is 7.99. The van der Waals surface area contributed by atoms with Crippen molar-refractivity contribution >= 4 is 35.2 Å². The number of hydrogen-bond acceptors (Lipinski definition) is 4. The summed E-state index contributed by atoms with van der Waals surface area (Å²) in [6, 6.07) is 9.46. The van der Waals surface area contributed by atoms with Crippen molar-refractivity contribution in [3.05, 3.63) is 30.3 Å². The average Bonchev–Trinajstić information content (AvgIpc) is 2.34. The molecule has 2 N–H and O–H groups in total. The molecule has 0 spiro atoms. The molecule has 92 valence electrons. The van der Waals surface area contributed by atoms with Crippen LogP contribution in [0.2, 0.25) is 0 Å². The summed E-state index contributed by atoms with van der Waals surface area (Å²) in [7, 11) is 0. The summed E-state index contributed by atoms with van der Waals surface area (Å²) in [6.07, 6.45) is -1.86. The smallest absolute Gasteiger partial charge is 0.405 e. The van der Waals surface area contributed by atoms with E-state index >= 15 is 0 Å². The van der Waals surface area contributed by atoms with Gasteiger partial charge in [-0.1, -0.05) is 18.2 Å². The predicted octanol–water partition coefficient (Wildman–Crippen LogP) is 2.05. The van der Waals surface area contributed by atoms with Crippen LogP contribution in [0.15, 0.2) is 35.2 Å². The number of amides is 1. The molecule has 0 saturated heterocycles. The van der Waals surface area contributed by atoms with Crippen molar-refractivity contribution in [2.75, 3.05) is 11.6 Å². The van der Waals surface area contributed by atoms with Gasteiger partial charge in [-0.25, -0.2) is 4.79 Å². The number of rotatable bonds is 6. The molecule has 1 atom stereocenters. The monoisotopic (exact) mass is 273 g/mol. The maximum absolute atomic E-state index is 11.4. The summed E-state index contributed by atoms with van der Waals surface area (Å²) >= 11 is 6.82. The van der Waals surface area contributed by atoms with Crippen LogP contribution in [-0.4, -0.2) is 29.6 Å². The highest BCUT2D eigenvalue weighted by atomic mass is 35.5. The number of halogens is 1. The number of benzene rings is 1. The lowest BCUT2D eigenvalue weighted by molar-refractivity contribution is -0.123. The minimum atomic E-state index is -0.970. The molecule has 0 aromatic heterocycles. The Kier molecular flexibility index (Phi) is 5.86. The Hall–Kier alpha value is -1.20. The van der Waals surface area contributed by atoms with Crippen molar-refractivity contribution in [3.63, 3.8) is 0 Å². The Morgan fingerprint density at radius 2 is 2.00 bits per heavy atom. The van der Waals surface area contributed by atoms with Crippen LogP contribution in [0.25, 0.3) is 0 Å². The molecule has 0 saturated carbocycles. The Labute approximate surface area is 108 Å². The number of alkyl halides is 1. The van der Waals surface area contributed by atoms with E-state index in [1.54, 1.807) is 0 Å². The number of hydrogen-bond donors (Lipinski definition) is 1. The van der Waals surface area contributed by atoms with Crippen LogP contribution in [0.1, 0.15) is 0 Å². The minimum Gasteiger partial charge on any atom is -0.437 e. The van der Waals surface area contributed by atoms with Crippen molar-refractivity contribution in [3.8, 4) is 0 Å². The predicted molar refractivity (Wildman–Crippen MR) is 67.3 cm³/mol. The zero-order chi connectivity index (χ0) is 12.7. The Morgan fingerprint density at radius 1 is 1.35 bits per heavy atom. The van der Waals surface area contributed by atoms with Crippen LogP contribution in [0.5, 0.6) is 0 Å². The lowest BCUT2D eigenvalue weighted by atomic mass is 10.3. The van der Waals surface area contributed by atoms with E-state index in [4.69, 9.17) is 22.1 Å². The average molecular weight is 274 g/mol. The van der Waals surface area contributed by atoms with Crippen molar-refractivity contribution in [1.29, 1.82) is 0 Å². The van der Waals surface area contributed by atoms with Gasteiger partial charge in [0.25, 0.3) is 0 Å². The molecule has 0 aliphatic heterocycles. The van der Waals surface area contributed by atoms with E-state index in [2.05, 4.69) is 0 Å². The molecule has 17 heavy (non-hydrogen) atoms. The van der Waals surface area contributed by atoms with Gasteiger partial charge in [0.15, 0.2) is 11.9 Å². The molecular weight excluding hydrogens is 262 g/mol. The lowest BCUT2D eigenvalue weighted by Gasteiger charge is -2.13. The molecule has 0 bridgehead atoms. The second kappa shape index (κ2) is 7.19. The van der Waals surface area contributed by atoms with Crippen molar-refractivity contribution in [2.24, 2.45) is 5.73 Å². The normalized spacial score (nSPS) is 11.8. The standard InChI is InChI=1S/C11H12ClNO3S/c12-6-9(14)10(16-11(13)15)7-17-8-4-2-1-3-5-8/h1-5,10H,6-7H2,(H2,13,15)/t10-/m0/s1. The van der Waals surface area contributed by atoms with Gasteiger partial charge < -0.3 is 10.5 Å². The Bertz CT molecular complexity index is 386. The first-order chi connectivity index (χ1) is 8.13. The second-order valence-corrected chi connectivity index (χ2v) is 4.51. The first-order valence-corrected chi connectivity index (χ1v) is 6.38. The van der Waals surface area contributed by atoms with Crippen molar-refractivity contribution in [1.82, 2.24) is 0 Å². The van der Waals surface area contributed by atoms with E-state index in [-0.39, 0.29) is 11.7 Å². The van der Waals surface area contributed by atoms with Crippen molar-refractivity contribution < 1.29 is 14.3 Å². The minimum absolute atomic E-state index is 0.201. The molecule has 0 radical (unpaired) electrons. The first-order valence-electron chi connectivity index (χ1n) is 4.86. The summed E-state index contributed by atoms with van der Waals surface area (Å²) in [5, 5.41) is 0. The number of primary amides is 1. The molecule has 4 nitrogen and oxygen atoms in total. The van der Waals surface area contributed by atoms with E-state index in [9.17, 15) is 9.59 Å². The number of ketones is 1. The molecular formula is C11H12ClNO3S. The topological polar surface area (TPSA) is 69.4 Å². The largest absolute Gasteiger partial charge is 0.437 e. The number of nitrogens with two attached hydrogens (primary N) is 1. The molecule has 1 aromatic carbocycles. The highest BCUT2D eigenvalue weighted by Gasteiger charge is 2.21. The molecule has 1 rings (SSSR count). The Balaban J connectivity index is 2.55. The quantitative estimate of drug-likeness (QED) is 0.636. The van der Waals surface area contributed by atoms with Gasteiger partial charge in [-0.3, -0.25) is 4.79 Å². The number of Topliss-reactive ketones (excluding diaryl/α,β-unsaturated/α-hetero) is 1. The van der Waals surface area contributed by atoms with E-state index < -0.39 is 12.2 Å². The van der Waals surface area contributed by atoms with Gasteiger partial charge in [0.1, 0.15) is 0 Å². The van der Waals surface area contributed by atoms with Gasteiger partial charge in [-0.2, -0.15) is 0 Å². The number of ether oxygens (including phenoxy) is 1. The van der Waals surface area contributed by atoms with Gasteiger partial charge in [-0.15, -0.1) is 23.4 Å². The molecule has 0 unspecified atom stereocenters. The summed E-state index contributed by atoms with van der Waals surface area (Å²) in [6.45, 7) is 0. The van der Waals surface area contributed by atoms with Crippen LogP contribution < -0.4 is 5.73 Å². The van der Waals surface area contributed by atoms with Crippen LogP contribution in [-0.2, 0) is 9.53 Å². The zero-order valence-corrected chi connectivity index (χ0v) is 10.5. The molecule has 1 amide bonds. The molecule has 6 heteroatoms. The van der Waals surface area contributed by atoms with Gasteiger partial charge in [0, 0.05) is 10.6 Å². The molecule has 0 aliphatic carbocycles. The summed E-state index contributed by atoms with van der Waals surface area (Å²) < 4.78 is 4.71. The maximum Gasteiger partial charge on any atom is 0.405 e. The third-order valence-electron chi connectivity index (χ3n) is 1.89. The van der Waals surface area contributed by atoms with Crippen LogP contribution >= 0.6 is 23.4 Å². The van der Waals surface area contributed by atoms with Crippen LogP contribution in [0.4, 0.5) is 4.79 Å². The summed E-state index contributed by atoms with van der Waals surface area (Å²) in [5.74, 6) is -0.250. The van der Waals surface area contributed by atoms with Gasteiger partial charge >= 0.3 is 6.09 Å². The summed E-state index contributed by atoms with van der Waals surface area (Å²) in [4.78, 5) is 23.0.